The Kier molecular flexibility index (Phi) is 6.15. The van der Waals surface area contributed by atoms with Gasteiger partial charge in [0.2, 0.25) is 22.2 Å². The molecule has 0 unspecified atom stereocenters. The summed E-state index contributed by atoms with van der Waals surface area (Å²) in [5.41, 5.74) is 0.413. The van der Waals surface area contributed by atoms with Crippen LogP contribution in [0.1, 0.15) is 26.7 Å². The number of hydrogen-bond donors (Lipinski definition) is 2. The van der Waals surface area contributed by atoms with Gasteiger partial charge in [0.1, 0.15) is 0 Å². The number of cyclic esters (lactones) is 1. The van der Waals surface area contributed by atoms with Crippen LogP contribution in [0.4, 0.5) is 5.69 Å². The Morgan fingerprint density at radius 1 is 1.36 bits per heavy atom. The molecule has 8 nitrogen and oxygen atoms in total. The van der Waals surface area contributed by atoms with Crippen molar-refractivity contribution in [2.75, 3.05) is 11.9 Å². The third kappa shape index (κ3) is 5.80. The van der Waals surface area contributed by atoms with E-state index in [1.165, 1.54) is 24.3 Å². The number of primary sulfonamides is 1. The van der Waals surface area contributed by atoms with Gasteiger partial charge in [-0.05, 0) is 30.2 Å². The van der Waals surface area contributed by atoms with E-state index in [0.717, 1.165) is 0 Å². The van der Waals surface area contributed by atoms with Crippen molar-refractivity contribution < 1.29 is 27.5 Å². The zero-order valence-corrected chi connectivity index (χ0v) is 14.9. The van der Waals surface area contributed by atoms with Gasteiger partial charge in [-0.3, -0.25) is 9.59 Å². The number of sulfonamides is 1. The van der Waals surface area contributed by atoms with Crippen molar-refractivity contribution in [3.8, 4) is 0 Å². The summed E-state index contributed by atoms with van der Waals surface area (Å²) in [6.45, 7) is 4.46. The molecule has 1 aliphatic rings. The van der Waals surface area contributed by atoms with E-state index in [-0.39, 0.29) is 17.2 Å². The molecule has 1 saturated heterocycles. The van der Waals surface area contributed by atoms with Crippen LogP contribution in [0.2, 0.25) is 0 Å². The number of carbonyl (C=O) groups is 2. The maximum atomic E-state index is 12.1. The van der Waals surface area contributed by atoms with Crippen molar-refractivity contribution in [3.05, 3.63) is 24.3 Å². The first-order chi connectivity index (χ1) is 11.6. The van der Waals surface area contributed by atoms with Gasteiger partial charge in [-0.1, -0.05) is 13.8 Å². The van der Waals surface area contributed by atoms with E-state index >= 15 is 0 Å². The lowest BCUT2D eigenvalue weighted by atomic mass is 10.0. The zero-order valence-electron chi connectivity index (χ0n) is 14.1. The lowest BCUT2D eigenvalue weighted by molar-refractivity contribution is -0.165. The molecule has 9 heteroatoms. The molecule has 1 aromatic rings. The number of carbonyl (C=O) groups excluding carboxylic acids is 2. The van der Waals surface area contributed by atoms with E-state index < -0.39 is 28.2 Å². The molecule has 0 bridgehead atoms. The summed E-state index contributed by atoms with van der Waals surface area (Å²) >= 11 is 0. The van der Waals surface area contributed by atoms with Crippen molar-refractivity contribution >= 4 is 27.6 Å². The average molecular weight is 370 g/mol. The predicted octanol–water partition coefficient (Wildman–Crippen LogP) is 1.22. The molecule has 0 saturated carbocycles. The van der Waals surface area contributed by atoms with E-state index in [1.54, 1.807) is 0 Å². The molecular formula is C16H22N2O6S. The molecule has 3 N–H and O–H groups in total. The Bertz CT molecular complexity index is 729. The summed E-state index contributed by atoms with van der Waals surface area (Å²) < 4.78 is 32.9. The minimum Gasteiger partial charge on any atom is -0.435 e. The highest BCUT2D eigenvalue weighted by atomic mass is 32.2. The smallest absolute Gasteiger partial charge is 0.312 e. The number of esters is 1. The lowest BCUT2D eigenvalue weighted by Crippen LogP contribution is -2.19. The number of nitrogens with two attached hydrogens (primary N) is 1. The molecule has 1 fully saturated rings. The van der Waals surface area contributed by atoms with Gasteiger partial charge in [-0.15, -0.1) is 0 Å². The van der Waals surface area contributed by atoms with Crippen LogP contribution in [0.5, 0.6) is 0 Å². The van der Waals surface area contributed by atoms with E-state index in [1.807, 2.05) is 13.8 Å². The van der Waals surface area contributed by atoms with Crippen LogP contribution in [-0.2, 0) is 29.1 Å². The third-order valence-corrected chi connectivity index (χ3v) is 4.50. The molecule has 0 aliphatic carbocycles. The molecule has 1 aliphatic heterocycles. The zero-order chi connectivity index (χ0) is 18.6. The Hall–Kier alpha value is -1.97. The van der Waals surface area contributed by atoms with Gasteiger partial charge in [0.15, 0.2) is 0 Å². The highest BCUT2D eigenvalue weighted by molar-refractivity contribution is 7.89. The van der Waals surface area contributed by atoms with E-state index in [4.69, 9.17) is 14.6 Å². The second-order valence-electron chi connectivity index (χ2n) is 6.35. The highest BCUT2D eigenvalue weighted by Gasteiger charge is 2.36. The standard InChI is InChI=1S/C16H22N2O6S/c1-10(2)9-23-15-8-11(16(20)24-15)7-14(19)18-12-3-5-13(6-4-12)25(17,21)22/h3-6,10-11,15H,7-9H2,1-2H3,(H,18,19)(H2,17,21,22)/t11-,15-/m0/s1. The number of rotatable bonds is 7. The fourth-order valence-electron chi connectivity index (χ4n) is 2.33. The van der Waals surface area contributed by atoms with Crippen LogP contribution in [0.3, 0.4) is 0 Å². The van der Waals surface area contributed by atoms with Crippen molar-refractivity contribution in [2.45, 2.75) is 37.9 Å². The van der Waals surface area contributed by atoms with Gasteiger partial charge in [0.25, 0.3) is 0 Å². The molecule has 0 spiro atoms. The number of hydrogen-bond acceptors (Lipinski definition) is 6. The van der Waals surface area contributed by atoms with Gasteiger partial charge in [0, 0.05) is 18.5 Å². The normalized spacial score (nSPS) is 20.6. The molecule has 2 atom stereocenters. The molecule has 138 valence electrons. The van der Waals surface area contributed by atoms with E-state index in [0.29, 0.717) is 24.6 Å². The first-order valence-electron chi connectivity index (χ1n) is 7.90. The monoisotopic (exact) mass is 370 g/mol. The van der Waals surface area contributed by atoms with E-state index in [9.17, 15) is 18.0 Å². The summed E-state index contributed by atoms with van der Waals surface area (Å²) in [6.07, 6.45) is -0.303. The minimum atomic E-state index is -3.78. The number of benzene rings is 1. The molecule has 1 amide bonds. The lowest BCUT2D eigenvalue weighted by Gasteiger charge is -2.12. The Balaban J connectivity index is 1.87. The van der Waals surface area contributed by atoms with Gasteiger partial charge in [-0.25, -0.2) is 13.6 Å². The van der Waals surface area contributed by atoms with Crippen LogP contribution in [-0.4, -0.2) is 33.2 Å². The first-order valence-corrected chi connectivity index (χ1v) is 9.44. The average Bonchev–Trinajstić information content (AvgIpc) is 2.85. The van der Waals surface area contributed by atoms with Crippen LogP contribution in [0.25, 0.3) is 0 Å². The summed E-state index contributed by atoms with van der Waals surface area (Å²) in [5.74, 6) is -1.05. The molecule has 0 aromatic heterocycles. The SMILES string of the molecule is CC(C)CO[C@@H]1C[C@H](CC(=O)Nc2ccc(S(N)(=O)=O)cc2)C(=O)O1. The predicted molar refractivity (Wildman–Crippen MR) is 89.8 cm³/mol. The van der Waals surface area contributed by atoms with Crippen LogP contribution in [0.15, 0.2) is 29.2 Å². The molecule has 2 rings (SSSR count). The highest BCUT2D eigenvalue weighted by Crippen LogP contribution is 2.26. The maximum absolute atomic E-state index is 12.1. The largest absolute Gasteiger partial charge is 0.435 e. The van der Waals surface area contributed by atoms with Gasteiger partial charge in [0.05, 0.1) is 17.4 Å². The van der Waals surface area contributed by atoms with Crippen molar-refractivity contribution in [1.82, 2.24) is 0 Å². The fourth-order valence-corrected chi connectivity index (χ4v) is 2.85. The third-order valence-electron chi connectivity index (χ3n) is 3.57. The summed E-state index contributed by atoms with van der Waals surface area (Å²) in [7, 11) is -3.78. The maximum Gasteiger partial charge on any atom is 0.312 e. The second-order valence-corrected chi connectivity index (χ2v) is 7.91. The fraction of sp³-hybridized carbons (Fsp3) is 0.500. The number of amides is 1. The van der Waals surface area contributed by atoms with Crippen LogP contribution >= 0.6 is 0 Å². The van der Waals surface area contributed by atoms with Crippen molar-refractivity contribution in [2.24, 2.45) is 17.0 Å². The van der Waals surface area contributed by atoms with Gasteiger partial charge < -0.3 is 14.8 Å². The van der Waals surface area contributed by atoms with E-state index in [2.05, 4.69) is 5.32 Å². The summed E-state index contributed by atoms with van der Waals surface area (Å²) in [6, 6.07) is 5.45. The number of anilines is 1. The van der Waals surface area contributed by atoms with Crippen molar-refractivity contribution in [3.63, 3.8) is 0 Å². The minimum absolute atomic E-state index is 0.0304. The second kappa shape index (κ2) is 7.94. The number of ether oxygens (including phenoxy) is 2. The summed E-state index contributed by atoms with van der Waals surface area (Å²) in [5, 5.41) is 7.62. The molecule has 1 heterocycles. The van der Waals surface area contributed by atoms with Crippen LogP contribution in [0, 0.1) is 11.8 Å². The Morgan fingerprint density at radius 2 is 2.00 bits per heavy atom. The van der Waals surface area contributed by atoms with Crippen molar-refractivity contribution in [1.29, 1.82) is 0 Å². The summed E-state index contributed by atoms with van der Waals surface area (Å²) in [4.78, 5) is 23.8. The molecular weight excluding hydrogens is 348 g/mol. The quantitative estimate of drug-likeness (QED) is 0.695. The number of nitrogens with one attached hydrogen (secondary N) is 1. The Morgan fingerprint density at radius 3 is 2.56 bits per heavy atom. The first kappa shape index (κ1) is 19.4. The van der Waals surface area contributed by atoms with Gasteiger partial charge >= 0.3 is 5.97 Å². The topological polar surface area (TPSA) is 125 Å². The molecule has 1 aromatic carbocycles. The van der Waals surface area contributed by atoms with Crippen LogP contribution < -0.4 is 10.5 Å². The molecule has 25 heavy (non-hydrogen) atoms. The Labute approximate surface area is 146 Å². The van der Waals surface area contributed by atoms with Gasteiger partial charge in [-0.2, -0.15) is 0 Å². The molecule has 0 radical (unpaired) electrons.